The van der Waals surface area contributed by atoms with Crippen LogP contribution in [0.3, 0.4) is 0 Å². The molecule has 2 aromatic heterocycles. The van der Waals surface area contributed by atoms with E-state index < -0.39 is 0 Å². The molecule has 0 fully saturated rings. The SMILES string of the molecule is Cc1ccc(-c2ccc(=O)n(CCOc3ccc(Br)cc3)n2)s1. The Morgan fingerprint density at radius 3 is 2.61 bits per heavy atom. The fourth-order valence-electron chi connectivity index (χ4n) is 2.09. The third-order valence-electron chi connectivity index (χ3n) is 3.24. The molecule has 0 aliphatic heterocycles. The Morgan fingerprint density at radius 2 is 1.91 bits per heavy atom. The molecule has 6 heteroatoms. The van der Waals surface area contributed by atoms with Crippen LogP contribution in [0.2, 0.25) is 0 Å². The molecule has 0 saturated carbocycles. The van der Waals surface area contributed by atoms with E-state index in [1.165, 1.54) is 9.56 Å². The van der Waals surface area contributed by atoms with Crippen molar-refractivity contribution in [2.75, 3.05) is 6.61 Å². The fraction of sp³-hybridized carbons (Fsp3) is 0.176. The predicted molar refractivity (Wildman–Crippen MR) is 96.2 cm³/mol. The highest BCUT2D eigenvalue weighted by atomic mass is 79.9. The summed E-state index contributed by atoms with van der Waals surface area (Å²) in [4.78, 5) is 14.2. The van der Waals surface area contributed by atoms with Crippen LogP contribution in [-0.4, -0.2) is 16.4 Å². The van der Waals surface area contributed by atoms with Crippen molar-refractivity contribution < 1.29 is 4.74 Å². The molecule has 3 aromatic rings. The largest absolute Gasteiger partial charge is 0.492 e. The van der Waals surface area contributed by atoms with E-state index in [-0.39, 0.29) is 5.56 Å². The maximum Gasteiger partial charge on any atom is 0.266 e. The van der Waals surface area contributed by atoms with Crippen LogP contribution in [0.25, 0.3) is 10.6 Å². The zero-order valence-corrected chi connectivity index (χ0v) is 14.9. The van der Waals surface area contributed by atoms with Gasteiger partial charge in [0, 0.05) is 15.4 Å². The number of ether oxygens (including phenoxy) is 1. The van der Waals surface area contributed by atoms with Crippen LogP contribution in [0, 0.1) is 6.92 Å². The van der Waals surface area contributed by atoms with Crippen LogP contribution in [0.1, 0.15) is 4.88 Å². The third kappa shape index (κ3) is 4.09. The lowest BCUT2D eigenvalue weighted by molar-refractivity contribution is 0.288. The maximum absolute atomic E-state index is 11.9. The van der Waals surface area contributed by atoms with Gasteiger partial charge in [-0.15, -0.1) is 11.3 Å². The lowest BCUT2D eigenvalue weighted by atomic mass is 10.3. The first-order valence-corrected chi connectivity index (χ1v) is 8.76. The molecule has 23 heavy (non-hydrogen) atoms. The minimum atomic E-state index is -0.124. The molecule has 0 aliphatic carbocycles. The maximum atomic E-state index is 11.9. The number of aromatic nitrogens is 2. The van der Waals surface area contributed by atoms with Crippen LogP contribution in [0.5, 0.6) is 5.75 Å². The monoisotopic (exact) mass is 390 g/mol. The first-order chi connectivity index (χ1) is 11.1. The van der Waals surface area contributed by atoms with Crippen molar-refractivity contribution in [1.82, 2.24) is 9.78 Å². The van der Waals surface area contributed by atoms with Gasteiger partial charge in [-0.1, -0.05) is 15.9 Å². The van der Waals surface area contributed by atoms with Gasteiger partial charge in [-0.05, 0) is 49.4 Å². The second-order valence-electron chi connectivity index (χ2n) is 4.99. The number of halogens is 1. The molecule has 0 atom stereocenters. The highest BCUT2D eigenvalue weighted by Crippen LogP contribution is 2.25. The molecule has 0 spiro atoms. The van der Waals surface area contributed by atoms with Crippen LogP contribution >= 0.6 is 27.3 Å². The topological polar surface area (TPSA) is 44.1 Å². The molecule has 0 unspecified atom stereocenters. The highest BCUT2D eigenvalue weighted by Gasteiger charge is 2.06. The summed E-state index contributed by atoms with van der Waals surface area (Å²) in [5.41, 5.74) is 0.688. The molecule has 2 heterocycles. The summed E-state index contributed by atoms with van der Waals surface area (Å²) in [5, 5.41) is 4.43. The van der Waals surface area contributed by atoms with Crippen LogP contribution < -0.4 is 10.3 Å². The summed E-state index contributed by atoms with van der Waals surface area (Å²) in [6, 6.07) is 15.0. The van der Waals surface area contributed by atoms with Crippen molar-refractivity contribution >= 4 is 27.3 Å². The van der Waals surface area contributed by atoms with E-state index in [4.69, 9.17) is 4.74 Å². The molecule has 0 amide bonds. The number of nitrogens with zero attached hydrogens (tertiary/aromatic N) is 2. The highest BCUT2D eigenvalue weighted by molar-refractivity contribution is 9.10. The smallest absolute Gasteiger partial charge is 0.266 e. The average molecular weight is 391 g/mol. The molecule has 3 rings (SSSR count). The summed E-state index contributed by atoms with van der Waals surface area (Å²) < 4.78 is 8.10. The van der Waals surface area contributed by atoms with Crippen molar-refractivity contribution in [3.63, 3.8) is 0 Å². The summed E-state index contributed by atoms with van der Waals surface area (Å²) in [7, 11) is 0. The minimum Gasteiger partial charge on any atom is -0.492 e. The van der Waals surface area contributed by atoms with Crippen molar-refractivity contribution in [2.45, 2.75) is 13.5 Å². The quantitative estimate of drug-likeness (QED) is 0.657. The number of hydrogen-bond acceptors (Lipinski definition) is 4. The third-order valence-corrected chi connectivity index (χ3v) is 4.80. The summed E-state index contributed by atoms with van der Waals surface area (Å²) in [5.74, 6) is 0.770. The van der Waals surface area contributed by atoms with E-state index in [9.17, 15) is 4.79 Å². The zero-order chi connectivity index (χ0) is 16.2. The molecule has 0 aliphatic rings. The van der Waals surface area contributed by atoms with E-state index in [0.717, 1.165) is 20.8 Å². The summed E-state index contributed by atoms with van der Waals surface area (Å²) in [6.45, 7) is 2.85. The minimum absolute atomic E-state index is 0.124. The fourth-order valence-corrected chi connectivity index (χ4v) is 3.19. The van der Waals surface area contributed by atoms with E-state index in [0.29, 0.717) is 13.2 Å². The van der Waals surface area contributed by atoms with Crippen LogP contribution in [0.15, 0.2) is 57.8 Å². The Bertz CT molecular complexity index is 856. The van der Waals surface area contributed by atoms with Crippen molar-refractivity contribution in [1.29, 1.82) is 0 Å². The van der Waals surface area contributed by atoms with E-state index in [1.807, 2.05) is 36.4 Å². The Morgan fingerprint density at radius 1 is 1.13 bits per heavy atom. The summed E-state index contributed by atoms with van der Waals surface area (Å²) in [6.07, 6.45) is 0. The van der Waals surface area contributed by atoms with Gasteiger partial charge in [-0.2, -0.15) is 5.10 Å². The van der Waals surface area contributed by atoms with E-state index in [1.54, 1.807) is 23.5 Å². The van der Waals surface area contributed by atoms with E-state index >= 15 is 0 Å². The number of benzene rings is 1. The number of thiophene rings is 1. The van der Waals surface area contributed by atoms with Crippen molar-refractivity contribution in [2.24, 2.45) is 0 Å². The molecular formula is C17H15BrN2O2S. The van der Waals surface area contributed by atoms with Gasteiger partial charge in [0.15, 0.2) is 0 Å². The van der Waals surface area contributed by atoms with Gasteiger partial charge < -0.3 is 4.74 Å². The first kappa shape index (κ1) is 16.0. The molecule has 0 saturated heterocycles. The predicted octanol–water partition coefficient (Wildman–Crippen LogP) is 4.12. The Labute approximate surface area is 146 Å². The average Bonchev–Trinajstić information content (AvgIpc) is 2.97. The Hall–Kier alpha value is -1.92. The van der Waals surface area contributed by atoms with Gasteiger partial charge in [0.25, 0.3) is 5.56 Å². The van der Waals surface area contributed by atoms with Gasteiger partial charge in [-0.3, -0.25) is 4.79 Å². The molecule has 118 valence electrons. The Balaban J connectivity index is 1.70. The molecular weight excluding hydrogens is 376 g/mol. The molecule has 0 radical (unpaired) electrons. The molecule has 1 aromatic carbocycles. The van der Waals surface area contributed by atoms with Gasteiger partial charge in [0.05, 0.1) is 11.4 Å². The standard InChI is InChI=1S/C17H15BrN2O2S/c1-12-2-8-16(23-12)15-7-9-17(21)20(19-15)10-11-22-14-5-3-13(18)4-6-14/h2-9H,10-11H2,1H3. The van der Waals surface area contributed by atoms with Gasteiger partial charge in [0.1, 0.15) is 18.1 Å². The molecule has 0 bridgehead atoms. The number of aryl methyl sites for hydroxylation is 1. The van der Waals surface area contributed by atoms with Gasteiger partial charge >= 0.3 is 0 Å². The lowest BCUT2D eigenvalue weighted by Gasteiger charge is -2.08. The van der Waals surface area contributed by atoms with Crippen LogP contribution in [0.4, 0.5) is 0 Å². The number of hydrogen-bond donors (Lipinski definition) is 0. The van der Waals surface area contributed by atoms with Gasteiger partial charge in [0.2, 0.25) is 0 Å². The normalized spacial score (nSPS) is 10.7. The zero-order valence-electron chi connectivity index (χ0n) is 12.5. The van der Waals surface area contributed by atoms with E-state index in [2.05, 4.69) is 28.0 Å². The van der Waals surface area contributed by atoms with Crippen molar-refractivity contribution in [3.8, 4) is 16.3 Å². The Kier molecular flexibility index (Phi) is 4.93. The lowest BCUT2D eigenvalue weighted by Crippen LogP contribution is -2.25. The molecule has 4 nitrogen and oxygen atoms in total. The summed E-state index contributed by atoms with van der Waals surface area (Å²) >= 11 is 5.05. The van der Waals surface area contributed by atoms with Gasteiger partial charge in [-0.25, -0.2) is 4.68 Å². The first-order valence-electron chi connectivity index (χ1n) is 7.15. The van der Waals surface area contributed by atoms with Crippen molar-refractivity contribution in [3.05, 3.63) is 68.2 Å². The second kappa shape index (κ2) is 7.10. The molecule has 0 N–H and O–H groups in total. The number of rotatable bonds is 5. The second-order valence-corrected chi connectivity index (χ2v) is 7.20. The van der Waals surface area contributed by atoms with Crippen LogP contribution in [-0.2, 0) is 6.54 Å².